The third-order valence-electron chi connectivity index (χ3n) is 5.40. The molecule has 0 heterocycles. The van der Waals surface area contributed by atoms with E-state index >= 15 is 0 Å². The number of rotatable bonds is 5. The number of nitrogens with one attached hydrogen (secondary N) is 2. The standard InChI is InChI=1S/C21H20Cl2N2O2/c22-14-4-1-3-13(11-14)21(9-2-10-21)20(27)25-16-7-8-17(18(23)12-16)19(26)24-15-5-6-15/h1,3-4,7-8,11-12,15H,2,5-6,9-10H2,(H,24,26)(H,25,27). The number of hydrogen-bond acceptors (Lipinski definition) is 2. The lowest BCUT2D eigenvalue weighted by atomic mass is 9.64. The highest BCUT2D eigenvalue weighted by Gasteiger charge is 2.45. The fraction of sp³-hybridized carbons (Fsp3) is 0.333. The van der Waals surface area contributed by atoms with Gasteiger partial charge in [0.15, 0.2) is 0 Å². The summed E-state index contributed by atoms with van der Waals surface area (Å²) in [6, 6.07) is 12.8. The molecule has 6 heteroatoms. The van der Waals surface area contributed by atoms with Crippen molar-refractivity contribution < 1.29 is 9.59 Å². The molecule has 0 spiro atoms. The average Bonchev–Trinajstić information content (AvgIpc) is 3.38. The molecule has 2 aromatic rings. The molecule has 0 unspecified atom stereocenters. The number of hydrogen-bond donors (Lipinski definition) is 2. The van der Waals surface area contributed by atoms with Gasteiger partial charge in [0, 0.05) is 16.8 Å². The van der Waals surface area contributed by atoms with E-state index in [1.165, 1.54) is 0 Å². The van der Waals surface area contributed by atoms with Crippen LogP contribution >= 0.6 is 23.2 Å². The lowest BCUT2D eigenvalue weighted by Crippen LogP contribution is -2.46. The maximum absolute atomic E-state index is 13.0. The van der Waals surface area contributed by atoms with Crippen LogP contribution in [0.1, 0.15) is 48.0 Å². The highest BCUT2D eigenvalue weighted by molar-refractivity contribution is 6.34. The number of anilines is 1. The number of halogens is 2. The molecule has 0 aromatic heterocycles. The van der Waals surface area contributed by atoms with Crippen molar-refractivity contribution in [1.29, 1.82) is 0 Å². The van der Waals surface area contributed by atoms with Gasteiger partial charge in [0.2, 0.25) is 5.91 Å². The van der Waals surface area contributed by atoms with Gasteiger partial charge in [-0.05, 0) is 61.6 Å². The van der Waals surface area contributed by atoms with Gasteiger partial charge in [-0.3, -0.25) is 9.59 Å². The normalized spacial score (nSPS) is 17.7. The summed E-state index contributed by atoms with van der Waals surface area (Å²) < 4.78 is 0. The van der Waals surface area contributed by atoms with Crippen LogP contribution in [0.15, 0.2) is 42.5 Å². The van der Waals surface area contributed by atoms with E-state index in [4.69, 9.17) is 23.2 Å². The Kier molecular flexibility index (Phi) is 4.87. The van der Waals surface area contributed by atoms with Crippen molar-refractivity contribution in [2.24, 2.45) is 0 Å². The smallest absolute Gasteiger partial charge is 0.253 e. The molecule has 2 fully saturated rings. The van der Waals surface area contributed by atoms with Crippen molar-refractivity contribution in [2.45, 2.75) is 43.6 Å². The van der Waals surface area contributed by atoms with Crippen LogP contribution in [0.5, 0.6) is 0 Å². The minimum absolute atomic E-state index is 0.0673. The van der Waals surface area contributed by atoms with Gasteiger partial charge < -0.3 is 10.6 Å². The van der Waals surface area contributed by atoms with Crippen LogP contribution in [0.3, 0.4) is 0 Å². The minimum Gasteiger partial charge on any atom is -0.349 e. The molecule has 0 atom stereocenters. The lowest BCUT2D eigenvalue weighted by Gasteiger charge is -2.40. The average molecular weight is 403 g/mol. The molecule has 4 nitrogen and oxygen atoms in total. The second-order valence-electron chi connectivity index (χ2n) is 7.34. The first kappa shape index (κ1) is 18.3. The highest BCUT2D eigenvalue weighted by atomic mass is 35.5. The summed E-state index contributed by atoms with van der Waals surface area (Å²) in [6.07, 6.45) is 4.61. The van der Waals surface area contributed by atoms with Crippen LogP contribution in [0.4, 0.5) is 5.69 Å². The summed E-state index contributed by atoms with van der Waals surface area (Å²) in [5.41, 5.74) is 1.39. The number of benzene rings is 2. The van der Waals surface area contributed by atoms with Crippen molar-refractivity contribution in [3.05, 3.63) is 63.6 Å². The van der Waals surface area contributed by atoms with E-state index in [0.29, 0.717) is 21.3 Å². The molecular weight excluding hydrogens is 383 g/mol. The molecule has 2 N–H and O–H groups in total. The second kappa shape index (κ2) is 7.17. The van der Waals surface area contributed by atoms with Crippen molar-refractivity contribution in [2.75, 3.05) is 5.32 Å². The minimum atomic E-state index is -0.556. The molecule has 4 rings (SSSR count). The van der Waals surface area contributed by atoms with Gasteiger partial charge >= 0.3 is 0 Å². The third-order valence-corrected chi connectivity index (χ3v) is 5.95. The monoisotopic (exact) mass is 402 g/mol. The van der Waals surface area contributed by atoms with E-state index in [9.17, 15) is 9.59 Å². The summed E-state index contributed by atoms with van der Waals surface area (Å²) in [6.45, 7) is 0. The van der Waals surface area contributed by atoms with Crippen LogP contribution in [-0.2, 0) is 10.2 Å². The fourth-order valence-electron chi connectivity index (χ4n) is 3.48. The Labute approximate surface area is 168 Å². The van der Waals surface area contributed by atoms with Crippen LogP contribution in [0.2, 0.25) is 10.0 Å². The molecule has 2 saturated carbocycles. The Morgan fingerprint density at radius 2 is 1.81 bits per heavy atom. The zero-order valence-electron chi connectivity index (χ0n) is 14.7. The molecule has 2 aliphatic carbocycles. The van der Waals surface area contributed by atoms with Crippen molar-refractivity contribution in [3.63, 3.8) is 0 Å². The fourth-order valence-corrected chi connectivity index (χ4v) is 3.94. The number of carbonyl (C=O) groups excluding carboxylic acids is 2. The van der Waals surface area contributed by atoms with Gasteiger partial charge in [0.05, 0.1) is 16.0 Å². The van der Waals surface area contributed by atoms with E-state index in [0.717, 1.165) is 37.7 Å². The second-order valence-corrected chi connectivity index (χ2v) is 8.19. The van der Waals surface area contributed by atoms with Crippen LogP contribution in [-0.4, -0.2) is 17.9 Å². The Morgan fingerprint density at radius 1 is 1.04 bits per heavy atom. The molecule has 0 bridgehead atoms. The Bertz CT molecular complexity index is 905. The first-order valence-corrected chi connectivity index (χ1v) is 9.91. The molecule has 2 amide bonds. The quantitative estimate of drug-likeness (QED) is 0.743. The van der Waals surface area contributed by atoms with Gasteiger partial charge in [-0.15, -0.1) is 0 Å². The summed E-state index contributed by atoms with van der Waals surface area (Å²) in [5.74, 6) is -0.239. The van der Waals surface area contributed by atoms with Gasteiger partial charge in [-0.1, -0.05) is 41.8 Å². The SMILES string of the molecule is O=C(NC1CC1)c1ccc(NC(=O)C2(c3cccc(Cl)c3)CCC2)cc1Cl. The molecule has 2 aliphatic rings. The first-order valence-electron chi connectivity index (χ1n) is 9.16. The predicted octanol–water partition coefficient (Wildman–Crippen LogP) is 4.95. The van der Waals surface area contributed by atoms with Crippen molar-refractivity contribution in [3.8, 4) is 0 Å². The van der Waals surface area contributed by atoms with E-state index in [1.54, 1.807) is 24.3 Å². The number of carbonyl (C=O) groups is 2. The van der Waals surface area contributed by atoms with Gasteiger partial charge in [-0.25, -0.2) is 0 Å². The van der Waals surface area contributed by atoms with Gasteiger partial charge in [0.25, 0.3) is 5.91 Å². The van der Waals surface area contributed by atoms with E-state index in [1.807, 2.05) is 18.2 Å². The maximum atomic E-state index is 13.0. The summed E-state index contributed by atoms with van der Waals surface area (Å²) >= 11 is 12.4. The van der Waals surface area contributed by atoms with Crippen LogP contribution in [0, 0.1) is 0 Å². The number of amides is 2. The topological polar surface area (TPSA) is 58.2 Å². The highest BCUT2D eigenvalue weighted by Crippen LogP contribution is 2.45. The Hall–Kier alpha value is -2.04. The Balaban J connectivity index is 1.52. The third kappa shape index (κ3) is 3.69. The summed E-state index contributed by atoms with van der Waals surface area (Å²) in [4.78, 5) is 25.2. The zero-order valence-corrected chi connectivity index (χ0v) is 16.2. The lowest BCUT2D eigenvalue weighted by molar-refractivity contribution is -0.124. The van der Waals surface area contributed by atoms with E-state index < -0.39 is 5.41 Å². The van der Waals surface area contributed by atoms with E-state index in [-0.39, 0.29) is 17.9 Å². The zero-order chi connectivity index (χ0) is 19.0. The molecule has 0 radical (unpaired) electrons. The van der Waals surface area contributed by atoms with Crippen molar-refractivity contribution in [1.82, 2.24) is 5.32 Å². The Morgan fingerprint density at radius 3 is 2.41 bits per heavy atom. The largest absolute Gasteiger partial charge is 0.349 e. The molecule has 0 aliphatic heterocycles. The van der Waals surface area contributed by atoms with Crippen LogP contribution < -0.4 is 10.6 Å². The molecule has 2 aromatic carbocycles. The van der Waals surface area contributed by atoms with Gasteiger partial charge in [0.1, 0.15) is 0 Å². The molecule has 27 heavy (non-hydrogen) atoms. The van der Waals surface area contributed by atoms with Crippen molar-refractivity contribution >= 4 is 40.7 Å². The van der Waals surface area contributed by atoms with Crippen LogP contribution in [0.25, 0.3) is 0 Å². The predicted molar refractivity (Wildman–Crippen MR) is 108 cm³/mol. The van der Waals surface area contributed by atoms with Gasteiger partial charge in [-0.2, -0.15) is 0 Å². The first-order chi connectivity index (χ1) is 13.0. The van der Waals surface area contributed by atoms with E-state index in [2.05, 4.69) is 10.6 Å². The maximum Gasteiger partial charge on any atom is 0.253 e. The molecule has 0 saturated heterocycles. The summed E-state index contributed by atoms with van der Waals surface area (Å²) in [5, 5.41) is 6.84. The summed E-state index contributed by atoms with van der Waals surface area (Å²) in [7, 11) is 0. The molecule has 140 valence electrons. The molecular formula is C21H20Cl2N2O2.